The van der Waals surface area contributed by atoms with Crippen LogP contribution in [0.1, 0.15) is 92.9 Å². The topological polar surface area (TPSA) is 177 Å². The maximum Gasteiger partial charge on any atom is 2.00 e. The van der Waals surface area contributed by atoms with Crippen molar-refractivity contribution in [1.29, 1.82) is 0 Å². The molecule has 15 heteroatoms. The summed E-state index contributed by atoms with van der Waals surface area (Å²) in [6, 6.07) is 66.4. The molecular weight excluding hydrogens is 1180 g/mol. The van der Waals surface area contributed by atoms with Gasteiger partial charge in [-0.1, -0.05) is 173 Å². The predicted octanol–water partition coefficient (Wildman–Crippen LogP) is 17.6. The number of fused-ring (bicyclic) bond motifs is 4. The molecule has 10 aromatic rings. The standard InChI is InChI=1S/C56H46N4.C12H8N2O4.2CNS.Ru/c1-55(2)45-13-5-9-17-51(45)59(52-18-10-6-14-46(52)55)43-29-25-39(26-30-43)21-23-41-33-35-57-49(37-41)50-38-42(34-36-58-50)24-22-40-27-31-44(32-28-40)60-53-19-11-7-15-47(53)56(3,4)48-16-8-12-20-54(48)60;15-11(16)7-1-3-13-9(5-7)10-6-8(12(17)18)2-4-14-10;2*2-1-3;/h5-38H,1-4H3;1-6H,(H,15,16)(H,17,18);;;/q;;2*-1;+2/b23-21+,24-22+;;;;. The van der Waals surface area contributed by atoms with E-state index in [4.69, 9.17) is 31.0 Å². The normalized spacial score (nSPS) is 12.7. The van der Waals surface area contributed by atoms with Crippen molar-refractivity contribution >= 4 is 105 Å². The van der Waals surface area contributed by atoms with Crippen molar-refractivity contribution in [1.82, 2.24) is 19.9 Å². The van der Waals surface area contributed by atoms with Gasteiger partial charge in [-0.2, -0.15) is 10.3 Å². The maximum absolute atomic E-state index is 10.8. The quantitative estimate of drug-likeness (QED) is 0.0754. The number of carboxylic acid groups (broad SMARTS) is 2. The van der Waals surface area contributed by atoms with Gasteiger partial charge in [-0.3, -0.25) is 19.9 Å². The molecule has 0 amide bonds. The summed E-state index contributed by atoms with van der Waals surface area (Å²) in [6.45, 7) is 9.28. The third-order valence-electron chi connectivity index (χ3n) is 14.6. The number of hydrogen-bond donors (Lipinski definition) is 2. The molecule has 0 spiro atoms. The third-order valence-corrected chi connectivity index (χ3v) is 14.6. The van der Waals surface area contributed by atoms with E-state index in [1.54, 1.807) is 0 Å². The number of aromatic carboxylic acids is 2. The van der Waals surface area contributed by atoms with Crippen molar-refractivity contribution in [3.63, 3.8) is 0 Å². The average Bonchev–Trinajstić information content (AvgIpc) is 1.01. The Labute approximate surface area is 517 Å². The van der Waals surface area contributed by atoms with Crippen molar-refractivity contribution < 1.29 is 39.3 Å². The van der Waals surface area contributed by atoms with Crippen LogP contribution in [0.2, 0.25) is 0 Å². The van der Waals surface area contributed by atoms with E-state index in [0.717, 1.165) is 45.0 Å². The van der Waals surface area contributed by atoms with Crippen LogP contribution in [-0.4, -0.2) is 52.4 Å². The number of carboxylic acids is 2. The molecule has 6 aromatic carbocycles. The molecule has 12 rings (SSSR count). The number of isothiocyanates is 2. The first kappa shape index (κ1) is 61.2. The Hall–Kier alpha value is -9.84. The maximum atomic E-state index is 10.8. The summed E-state index contributed by atoms with van der Waals surface area (Å²) in [5, 5.41) is 34.6. The van der Waals surface area contributed by atoms with Crippen molar-refractivity contribution in [2.75, 3.05) is 9.80 Å². The summed E-state index contributed by atoms with van der Waals surface area (Å²) in [6.07, 6.45) is 15.0. The molecule has 6 heterocycles. The largest absolute Gasteiger partial charge is 2.00 e. The first-order valence-electron chi connectivity index (χ1n) is 26.6. The van der Waals surface area contributed by atoms with Crippen LogP contribution in [0.5, 0.6) is 0 Å². The molecule has 12 nitrogen and oxygen atoms in total. The van der Waals surface area contributed by atoms with Crippen molar-refractivity contribution in [2.45, 2.75) is 38.5 Å². The zero-order chi connectivity index (χ0) is 59.4. The zero-order valence-corrected chi connectivity index (χ0v) is 49.9. The van der Waals surface area contributed by atoms with E-state index in [9.17, 15) is 9.59 Å². The molecule has 0 atom stereocenters. The number of aromatic nitrogens is 4. The molecule has 2 aliphatic heterocycles. The minimum Gasteiger partial charge on any atom is -0.753 e. The number of pyridine rings is 4. The first-order valence-corrected chi connectivity index (χ1v) is 27.4. The summed E-state index contributed by atoms with van der Waals surface area (Å²) in [4.78, 5) is 43.8. The summed E-state index contributed by atoms with van der Waals surface area (Å²) in [5.41, 5.74) is 19.2. The molecule has 85 heavy (non-hydrogen) atoms. The summed E-state index contributed by atoms with van der Waals surface area (Å²) < 4.78 is 0. The summed E-state index contributed by atoms with van der Waals surface area (Å²) >= 11 is 7.40. The second kappa shape index (κ2) is 27.5. The van der Waals surface area contributed by atoms with Gasteiger partial charge in [0.15, 0.2) is 0 Å². The molecule has 2 aliphatic rings. The molecule has 0 fully saturated rings. The second-order valence-electron chi connectivity index (χ2n) is 20.4. The van der Waals surface area contributed by atoms with Gasteiger partial charge < -0.3 is 30.8 Å². The van der Waals surface area contributed by atoms with Gasteiger partial charge in [0.2, 0.25) is 0 Å². The van der Waals surface area contributed by atoms with Crippen molar-refractivity contribution in [3.05, 3.63) is 285 Å². The minimum atomic E-state index is -1.08. The van der Waals surface area contributed by atoms with Crippen LogP contribution in [-0.2, 0) is 30.3 Å². The van der Waals surface area contributed by atoms with E-state index >= 15 is 0 Å². The number of hydrogen-bond acceptors (Lipinski definition) is 10. The number of nitrogens with zero attached hydrogens (tertiary/aromatic N) is 8. The van der Waals surface area contributed by atoms with Crippen LogP contribution >= 0.6 is 24.4 Å². The minimum absolute atomic E-state index is 0. The SMILES string of the molecule is CC1(C)c2ccccc2N(c2ccc(/C=C/c3ccnc(-c4cc(/C=C/c5ccc(N6c7ccccc7C(C)(C)c7ccccc76)cc5)ccn4)c3)cc2)c2ccccc21.O=C(O)c1ccnc(-c2cc(C(=O)O)ccn2)c1.[N-]=C=S.[N-]=C=S.[Ru+2]. The van der Waals surface area contributed by atoms with Gasteiger partial charge in [-0.25, -0.2) is 9.59 Å². The Balaban J connectivity index is 0.000000316. The fourth-order valence-electron chi connectivity index (χ4n) is 10.5. The number of thiocarbonyl (C=S) groups is 2. The van der Waals surface area contributed by atoms with Crippen LogP contribution in [0.4, 0.5) is 34.1 Å². The van der Waals surface area contributed by atoms with Crippen LogP contribution in [0.3, 0.4) is 0 Å². The van der Waals surface area contributed by atoms with Crippen molar-refractivity contribution in [2.24, 2.45) is 0 Å². The van der Waals surface area contributed by atoms with E-state index < -0.39 is 11.9 Å². The number of carbonyl (C=O) groups is 2. The molecule has 4 aromatic heterocycles. The second-order valence-corrected chi connectivity index (χ2v) is 20.8. The van der Waals surface area contributed by atoms with Gasteiger partial charge in [0, 0.05) is 47.0 Å². The first-order chi connectivity index (χ1) is 40.7. The molecule has 418 valence electrons. The van der Waals surface area contributed by atoms with Gasteiger partial charge in [0.25, 0.3) is 0 Å². The monoisotopic (exact) mass is 1240 g/mol. The van der Waals surface area contributed by atoms with Gasteiger partial charge in [0.1, 0.15) is 0 Å². The van der Waals surface area contributed by atoms with Gasteiger partial charge in [-0.15, -0.1) is 0 Å². The van der Waals surface area contributed by atoms with Gasteiger partial charge in [-0.05, 0) is 142 Å². The van der Waals surface area contributed by atoms with Crippen LogP contribution < -0.4 is 9.80 Å². The Morgan fingerprint density at radius 3 is 0.965 bits per heavy atom. The van der Waals surface area contributed by atoms with Crippen LogP contribution in [0, 0.1) is 0 Å². The average molecular weight is 1240 g/mol. The zero-order valence-electron chi connectivity index (χ0n) is 46.6. The fourth-order valence-corrected chi connectivity index (χ4v) is 10.5. The van der Waals surface area contributed by atoms with Crippen LogP contribution in [0.25, 0.3) is 57.9 Å². The smallest absolute Gasteiger partial charge is 0.753 e. The molecular formula is C70H54N8O4RuS2. The van der Waals surface area contributed by atoms with Crippen molar-refractivity contribution in [3.8, 4) is 22.8 Å². The Bertz CT molecular complexity index is 3830. The molecule has 0 unspecified atom stereocenters. The van der Waals surface area contributed by atoms with Gasteiger partial charge in [0.05, 0.1) is 56.7 Å². The predicted molar refractivity (Wildman–Crippen MR) is 345 cm³/mol. The van der Waals surface area contributed by atoms with E-state index in [2.05, 4.69) is 254 Å². The fraction of sp³-hybridized carbons (Fsp3) is 0.0857. The molecule has 2 N–H and O–H groups in total. The summed E-state index contributed by atoms with van der Waals surface area (Å²) in [5.74, 6) is -2.15. The Kier molecular flexibility index (Phi) is 19.8. The number of anilines is 6. The number of para-hydroxylation sites is 4. The molecule has 0 radical (unpaired) electrons. The molecule has 0 saturated heterocycles. The summed E-state index contributed by atoms with van der Waals surface area (Å²) in [7, 11) is 0. The number of benzene rings is 6. The molecule has 0 bridgehead atoms. The Morgan fingerprint density at radius 2 is 0.671 bits per heavy atom. The third kappa shape index (κ3) is 13.7. The van der Waals surface area contributed by atoms with E-state index in [0.29, 0.717) is 11.4 Å². The number of rotatable bonds is 10. The van der Waals surface area contributed by atoms with Gasteiger partial charge >= 0.3 is 31.4 Å². The molecule has 0 saturated carbocycles. The van der Waals surface area contributed by atoms with Crippen LogP contribution in [0.15, 0.2) is 219 Å². The molecule has 0 aliphatic carbocycles. The van der Waals surface area contributed by atoms with E-state index in [-0.39, 0.29) is 41.4 Å². The van der Waals surface area contributed by atoms with E-state index in [1.165, 1.54) is 92.0 Å². The van der Waals surface area contributed by atoms with E-state index in [1.807, 2.05) is 24.5 Å². The Morgan fingerprint density at radius 1 is 0.412 bits per heavy atom.